The van der Waals surface area contributed by atoms with Crippen LogP contribution in [0.25, 0.3) is 0 Å². The summed E-state index contributed by atoms with van der Waals surface area (Å²) in [7, 11) is 0. The van der Waals surface area contributed by atoms with Crippen molar-refractivity contribution in [2.75, 3.05) is 31.6 Å². The zero-order valence-corrected chi connectivity index (χ0v) is 16.5. The van der Waals surface area contributed by atoms with Crippen LogP contribution in [0.1, 0.15) is 43.7 Å². The Balaban J connectivity index is 1.54. The van der Waals surface area contributed by atoms with E-state index >= 15 is 0 Å². The van der Waals surface area contributed by atoms with Gasteiger partial charge in [-0.05, 0) is 60.7 Å². The van der Waals surface area contributed by atoms with Gasteiger partial charge in [-0.3, -0.25) is 4.90 Å². The van der Waals surface area contributed by atoms with Crippen LogP contribution in [0.2, 0.25) is 0 Å². The van der Waals surface area contributed by atoms with Gasteiger partial charge in [-0.15, -0.1) is 0 Å². The average molecular weight is 369 g/mol. The molecule has 27 heavy (non-hydrogen) atoms. The third-order valence-electron chi connectivity index (χ3n) is 5.12. The number of piperidine rings is 1. The first-order valence-electron chi connectivity index (χ1n) is 10.1. The van der Waals surface area contributed by atoms with Gasteiger partial charge in [-0.1, -0.05) is 38.1 Å². The lowest BCUT2D eigenvalue weighted by Gasteiger charge is -2.33. The summed E-state index contributed by atoms with van der Waals surface area (Å²) >= 11 is 0. The highest BCUT2D eigenvalue weighted by molar-refractivity contribution is 5.46. The van der Waals surface area contributed by atoms with Crippen LogP contribution in [0.5, 0.6) is 5.75 Å². The van der Waals surface area contributed by atoms with Gasteiger partial charge in [0.15, 0.2) is 0 Å². The van der Waals surface area contributed by atoms with E-state index < -0.39 is 0 Å². The lowest BCUT2D eigenvalue weighted by molar-refractivity contribution is 0.199. The molecule has 0 aliphatic carbocycles. The van der Waals surface area contributed by atoms with Crippen molar-refractivity contribution in [1.29, 1.82) is 0 Å². The van der Waals surface area contributed by atoms with Gasteiger partial charge >= 0.3 is 0 Å². The second-order valence-corrected chi connectivity index (χ2v) is 7.71. The fourth-order valence-corrected chi connectivity index (χ4v) is 3.67. The topological polar surface area (TPSA) is 44.7 Å². The highest BCUT2D eigenvalue weighted by Crippen LogP contribution is 2.22. The van der Waals surface area contributed by atoms with Crippen LogP contribution in [0.3, 0.4) is 0 Å². The first kappa shape index (κ1) is 19.7. The van der Waals surface area contributed by atoms with Crippen LogP contribution in [0.15, 0.2) is 48.5 Å². The Morgan fingerprint density at radius 2 is 2.00 bits per heavy atom. The van der Waals surface area contributed by atoms with E-state index in [2.05, 4.69) is 60.5 Å². The number of anilines is 1. The highest BCUT2D eigenvalue weighted by atomic mass is 16.5. The van der Waals surface area contributed by atoms with Gasteiger partial charge in [0.05, 0.1) is 6.61 Å². The van der Waals surface area contributed by atoms with E-state index in [0.29, 0.717) is 18.6 Å². The molecule has 4 heteroatoms. The number of nitrogens with one attached hydrogen (secondary N) is 1. The fourth-order valence-electron chi connectivity index (χ4n) is 3.67. The standard InChI is InChI=1S/C23H32N2O2/c1-18(2)20-8-10-21(11-9-20)24-22-6-4-12-25(17-22)16-19-5-3-7-23(15-19)27-14-13-26/h3,5,7-11,15,18,22,24,26H,4,6,12-14,16-17H2,1-2H3/t22-/m1/s1. The molecule has 2 N–H and O–H groups in total. The molecule has 0 unspecified atom stereocenters. The molecule has 146 valence electrons. The van der Waals surface area contributed by atoms with Gasteiger partial charge in [-0.2, -0.15) is 0 Å². The fraction of sp³-hybridized carbons (Fsp3) is 0.478. The van der Waals surface area contributed by atoms with Crippen LogP contribution in [-0.2, 0) is 6.54 Å². The molecule has 0 bridgehead atoms. The van der Waals surface area contributed by atoms with Crippen molar-refractivity contribution in [2.24, 2.45) is 0 Å². The van der Waals surface area contributed by atoms with Gasteiger partial charge < -0.3 is 15.2 Å². The molecule has 1 saturated heterocycles. The second kappa shape index (κ2) is 9.77. The van der Waals surface area contributed by atoms with Crippen molar-refractivity contribution < 1.29 is 9.84 Å². The zero-order chi connectivity index (χ0) is 19.1. The van der Waals surface area contributed by atoms with Crippen molar-refractivity contribution in [2.45, 2.75) is 45.2 Å². The summed E-state index contributed by atoms with van der Waals surface area (Å²) in [5.74, 6) is 1.40. The predicted molar refractivity (Wildman–Crippen MR) is 111 cm³/mol. The number of aliphatic hydroxyl groups is 1. The van der Waals surface area contributed by atoms with Crippen molar-refractivity contribution in [3.8, 4) is 5.75 Å². The normalized spacial score (nSPS) is 17.9. The molecule has 0 spiro atoms. The lowest BCUT2D eigenvalue weighted by atomic mass is 10.0. The highest BCUT2D eigenvalue weighted by Gasteiger charge is 2.20. The van der Waals surface area contributed by atoms with Gasteiger partial charge in [0.1, 0.15) is 12.4 Å². The Morgan fingerprint density at radius 3 is 2.74 bits per heavy atom. The maximum absolute atomic E-state index is 8.91. The maximum Gasteiger partial charge on any atom is 0.119 e. The number of ether oxygens (including phenoxy) is 1. The molecule has 2 aromatic carbocycles. The van der Waals surface area contributed by atoms with Crippen LogP contribution in [-0.4, -0.2) is 42.4 Å². The minimum absolute atomic E-state index is 0.0435. The third kappa shape index (κ3) is 5.98. The summed E-state index contributed by atoms with van der Waals surface area (Å²) in [5, 5.41) is 12.6. The van der Waals surface area contributed by atoms with Crippen molar-refractivity contribution in [3.63, 3.8) is 0 Å². The van der Waals surface area contributed by atoms with Crippen molar-refractivity contribution in [1.82, 2.24) is 4.90 Å². The monoisotopic (exact) mass is 368 g/mol. The van der Waals surface area contributed by atoms with Crippen molar-refractivity contribution in [3.05, 3.63) is 59.7 Å². The maximum atomic E-state index is 8.91. The zero-order valence-electron chi connectivity index (χ0n) is 16.5. The summed E-state index contributed by atoms with van der Waals surface area (Å²) in [6, 6.07) is 17.5. The number of hydrogen-bond donors (Lipinski definition) is 2. The summed E-state index contributed by atoms with van der Waals surface area (Å²) in [4.78, 5) is 2.51. The largest absolute Gasteiger partial charge is 0.491 e. The first-order chi connectivity index (χ1) is 13.1. The van der Waals surface area contributed by atoms with E-state index in [1.54, 1.807) is 0 Å². The molecule has 0 saturated carbocycles. The summed E-state index contributed by atoms with van der Waals surface area (Å²) in [6.45, 7) is 7.95. The SMILES string of the molecule is CC(C)c1ccc(N[C@@H]2CCCN(Cc3cccc(OCCO)c3)C2)cc1. The van der Waals surface area contributed by atoms with Crippen molar-refractivity contribution >= 4 is 5.69 Å². The lowest BCUT2D eigenvalue weighted by Crippen LogP contribution is -2.41. The minimum Gasteiger partial charge on any atom is -0.491 e. The molecular weight excluding hydrogens is 336 g/mol. The molecule has 0 radical (unpaired) electrons. The smallest absolute Gasteiger partial charge is 0.119 e. The molecule has 4 nitrogen and oxygen atoms in total. The summed E-state index contributed by atoms with van der Waals surface area (Å²) in [6.07, 6.45) is 2.42. The Bertz CT molecular complexity index is 700. The van der Waals surface area contributed by atoms with E-state index in [-0.39, 0.29) is 6.61 Å². The molecule has 1 fully saturated rings. The Morgan fingerprint density at radius 1 is 1.19 bits per heavy atom. The Labute approximate surface area is 163 Å². The number of rotatable bonds is 8. The number of nitrogens with zero attached hydrogens (tertiary/aromatic N) is 1. The van der Waals surface area contributed by atoms with Gasteiger partial charge in [0.2, 0.25) is 0 Å². The van der Waals surface area contributed by atoms with Gasteiger partial charge in [0.25, 0.3) is 0 Å². The van der Waals surface area contributed by atoms with E-state index in [1.807, 2.05) is 12.1 Å². The van der Waals surface area contributed by atoms with Crippen LogP contribution >= 0.6 is 0 Å². The molecule has 3 rings (SSSR count). The number of aliphatic hydroxyl groups excluding tert-OH is 1. The first-order valence-corrected chi connectivity index (χ1v) is 10.1. The number of benzene rings is 2. The van der Waals surface area contributed by atoms with E-state index in [9.17, 15) is 0 Å². The molecule has 2 aromatic rings. The van der Waals surface area contributed by atoms with Crippen LogP contribution in [0.4, 0.5) is 5.69 Å². The summed E-state index contributed by atoms with van der Waals surface area (Å²) < 4.78 is 5.53. The van der Waals surface area contributed by atoms with Gasteiger partial charge in [0, 0.05) is 24.8 Å². The number of hydrogen-bond acceptors (Lipinski definition) is 4. The third-order valence-corrected chi connectivity index (χ3v) is 5.12. The van der Waals surface area contributed by atoms with E-state index in [1.165, 1.54) is 29.7 Å². The quantitative estimate of drug-likeness (QED) is 0.731. The number of likely N-dealkylation sites (tertiary alicyclic amines) is 1. The minimum atomic E-state index is 0.0435. The summed E-state index contributed by atoms with van der Waals surface area (Å²) in [5.41, 5.74) is 3.85. The molecule has 1 atom stereocenters. The molecule has 0 aromatic heterocycles. The van der Waals surface area contributed by atoms with Crippen LogP contribution in [0, 0.1) is 0 Å². The molecule has 1 aliphatic heterocycles. The van der Waals surface area contributed by atoms with Gasteiger partial charge in [-0.25, -0.2) is 0 Å². The van der Waals surface area contributed by atoms with E-state index in [0.717, 1.165) is 25.4 Å². The molecule has 0 amide bonds. The molecule has 1 aliphatic rings. The molecular formula is C23H32N2O2. The predicted octanol–water partition coefficient (Wildman–Crippen LogP) is 4.26. The molecule has 1 heterocycles. The van der Waals surface area contributed by atoms with Crippen LogP contribution < -0.4 is 10.1 Å². The Kier molecular flexibility index (Phi) is 7.13. The second-order valence-electron chi connectivity index (χ2n) is 7.71. The average Bonchev–Trinajstić information content (AvgIpc) is 2.67. The Hall–Kier alpha value is -2.04. The van der Waals surface area contributed by atoms with E-state index in [4.69, 9.17) is 9.84 Å².